The molecule has 0 unspecified atom stereocenters. The van der Waals surface area contributed by atoms with Gasteiger partial charge in [-0.15, -0.1) is 6.58 Å². The van der Waals surface area contributed by atoms with Gasteiger partial charge in [-0.1, -0.05) is 48.3 Å². The predicted octanol–water partition coefficient (Wildman–Crippen LogP) is 8.43. The molecule has 0 radical (unpaired) electrons. The smallest absolute Gasteiger partial charge is 0.230 e. The van der Waals surface area contributed by atoms with Crippen molar-refractivity contribution in [3.05, 3.63) is 114 Å². The minimum absolute atomic E-state index is 0.0474. The van der Waals surface area contributed by atoms with Crippen molar-refractivity contribution < 1.29 is 33.7 Å². The van der Waals surface area contributed by atoms with E-state index in [4.69, 9.17) is 24.2 Å². The van der Waals surface area contributed by atoms with Crippen molar-refractivity contribution >= 4 is 17.5 Å². The van der Waals surface area contributed by atoms with Gasteiger partial charge in [-0.3, -0.25) is 4.98 Å². The zero-order valence-corrected chi connectivity index (χ0v) is 31.5. The van der Waals surface area contributed by atoms with E-state index in [0.29, 0.717) is 37.4 Å². The highest BCUT2D eigenvalue weighted by molar-refractivity contribution is 8.00. The minimum Gasteiger partial charge on any atom is -0.489 e. The van der Waals surface area contributed by atoms with Gasteiger partial charge >= 0.3 is 0 Å². The number of rotatable bonds is 20. The number of aromatic nitrogens is 1. The Kier molecular flexibility index (Phi) is 14.0. The summed E-state index contributed by atoms with van der Waals surface area (Å²) in [5.41, 5.74) is 4.75. The molecule has 0 amide bonds. The normalized spacial score (nSPS) is 25.2. The van der Waals surface area contributed by atoms with Crippen molar-refractivity contribution in [1.29, 1.82) is 0 Å². The van der Waals surface area contributed by atoms with Crippen molar-refractivity contribution in [2.75, 3.05) is 32.2 Å². The average molecular weight is 745 g/mol. The van der Waals surface area contributed by atoms with Crippen molar-refractivity contribution in [3.63, 3.8) is 0 Å². The van der Waals surface area contributed by atoms with Crippen LogP contribution in [0, 0.1) is 23.6 Å². The number of unbranched alkanes of at least 4 members (excludes halogenated alkanes) is 2. The molecule has 10 heteroatoms. The molecule has 0 saturated heterocycles. The maximum Gasteiger partial charge on any atom is 0.230 e. The molecule has 0 spiro atoms. The lowest BCUT2D eigenvalue weighted by Gasteiger charge is -2.58. The lowest BCUT2D eigenvalue weighted by atomic mass is 9.56. The van der Waals surface area contributed by atoms with Crippen LogP contribution in [0.15, 0.2) is 96.5 Å². The maximum atomic E-state index is 14.6. The van der Waals surface area contributed by atoms with E-state index < -0.39 is 5.79 Å². The predicted molar refractivity (Wildman–Crippen MR) is 208 cm³/mol. The van der Waals surface area contributed by atoms with E-state index in [1.807, 2.05) is 49.3 Å². The Labute approximate surface area is 317 Å². The van der Waals surface area contributed by atoms with Crippen LogP contribution in [0.5, 0.6) is 11.5 Å². The summed E-state index contributed by atoms with van der Waals surface area (Å²) in [4.78, 5) is 10.0. The van der Waals surface area contributed by atoms with Crippen LogP contribution in [-0.4, -0.2) is 64.1 Å². The van der Waals surface area contributed by atoms with Crippen LogP contribution in [0.4, 0.5) is 4.39 Å². The molecule has 2 aromatic carbocycles. The largest absolute Gasteiger partial charge is 0.489 e. The van der Waals surface area contributed by atoms with Gasteiger partial charge in [0.1, 0.15) is 30.5 Å². The van der Waals surface area contributed by atoms with Crippen LogP contribution >= 0.6 is 11.8 Å². The molecular formula is C43H53FN2O6S. The fourth-order valence-electron chi connectivity index (χ4n) is 8.35. The number of fused-ring (bicyclic) bond motifs is 2. The second kappa shape index (κ2) is 19.1. The molecule has 3 aliphatic rings. The summed E-state index contributed by atoms with van der Waals surface area (Å²) in [6.45, 7) is 7.12. The number of thioether (sulfide) groups is 1. The molecule has 6 rings (SSSR count). The fraction of sp³-hybridized carbons (Fsp3) is 0.488. The number of ether oxygens (including phenoxy) is 3. The quantitative estimate of drug-likeness (QED) is 0.0676. The standard InChI is InChI=1S/C43H53FN2O6S/c1-3-24-50-43-40(53-25-19-30-17-20-45-21-18-30)28-38(46-51-4-2)35-26-31(11-7-9-22-47)34(13-8-10-23-48)41(42(35)43)36-27-33(15-16-39(36)52-43)49-29-32-12-5-6-14-37(32)44/h3,5-6,12,14-18,20-21,26-27,31,34,40-42,47-48H,1,4,7-11,13,19,22-25,28-29H2,2H3/t31-,34+,40-,41+,42+,43+/m0/s1. The monoisotopic (exact) mass is 744 g/mol. The van der Waals surface area contributed by atoms with Gasteiger partial charge in [-0.25, -0.2) is 4.39 Å². The molecule has 0 bridgehead atoms. The van der Waals surface area contributed by atoms with Gasteiger partial charge in [0.2, 0.25) is 5.79 Å². The van der Waals surface area contributed by atoms with E-state index >= 15 is 0 Å². The SMILES string of the molecule is C=CCO[C@@]12Oc3ccc(OCc4ccccc4F)cc3[C@H]3[C@H](CCCCO)[C@@H](CCCCO)C=C(C(=NOCC)C[C@@H]1SCCc1ccncc1)[C@H]32. The van der Waals surface area contributed by atoms with Crippen molar-refractivity contribution in [1.82, 2.24) is 4.98 Å². The number of hydrogen-bond donors (Lipinski definition) is 2. The first-order chi connectivity index (χ1) is 26.0. The van der Waals surface area contributed by atoms with Gasteiger partial charge in [0.25, 0.3) is 0 Å². The molecule has 2 aliphatic carbocycles. The molecule has 1 saturated carbocycles. The Balaban J connectivity index is 1.47. The fourth-order valence-corrected chi connectivity index (χ4v) is 9.76. The zero-order valence-electron chi connectivity index (χ0n) is 30.7. The Morgan fingerprint density at radius 2 is 1.85 bits per heavy atom. The highest BCUT2D eigenvalue weighted by Gasteiger charge is 2.63. The number of hydrogen-bond acceptors (Lipinski definition) is 9. The van der Waals surface area contributed by atoms with E-state index in [2.05, 4.69) is 35.8 Å². The summed E-state index contributed by atoms with van der Waals surface area (Å²) in [6.07, 6.45) is 14.3. The van der Waals surface area contributed by atoms with Crippen molar-refractivity contribution in [3.8, 4) is 11.5 Å². The lowest BCUT2D eigenvalue weighted by Crippen LogP contribution is -2.64. The Morgan fingerprint density at radius 3 is 2.60 bits per heavy atom. The maximum absolute atomic E-state index is 14.6. The van der Waals surface area contributed by atoms with E-state index in [1.54, 1.807) is 18.2 Å². The highest BCUT2D eigenvalue weighted by Crippen LogP contribution is 2.62. The summed E-state index contributed by atoms with van der Waals surface area (Å²) in [5, 5.41) is 24.2. The second-order valence-electron chi connectivity index (χ2n) is 14.0. The number of halogens is 1. The van der Waals surface area contributed by atoms with Crippen LogP contribution < -0.4 is 9.47 Å². The number of aryl methyl sites for hydroxylation is 1. The number of nitrogens with zero attached hydrogens (tertiary/aromatic N) is 2. The molecule has 284 valence electrons. The van der Waals surface area contributed by atoms with Crippen LogP contribution in [0.2, 0.25) is 0 Å². The molecule has 1 aliphatic heterocycles. The Morgan fingerprint density at radius 1 is 1.06 bits per heavy atom. The van der Waals surface area contributed by atoms with Crippen LogP contribution in [-0.2, 0) is 22.6 Å². The molecule has 53 heavy (non-hydrogen) atoms. The molecule has 2 heterocycles. The third-order valence-corrected chi connectivity index (χ3v) is 12.1. The molecule has 2 N–H and O–H groups in total. The third kappa shape index (κ3) is 8.99. The van der Waals surface area contributed by atoms with Crippen molar-refractivity contribution in [2.45, 2.75) is 81.9 Å². The van der Waals surface area contributed by atoms with E-state index in [1.165, 1.54) is 11.6 Å². The molecular weight excluding hydrogens is 692 g/mol. The first-order valence-electron chi connectivity index (χ1n) is 19.1. The summed E-state index contributed by atoms with van der Waals surface area (Å²) in [5.74, 6) is 0.988. The molecule has 1 fully saturated rings. The van der Waals surface area contributed by atoms with Gasteiger partial charge in [0.05, 0.1) is 23.5 Å². The zero-order chi connectivity index (χ0) is 37.0. The number of aliphatic hydroxyl groups is 2. The Hall–Kier alpha value is -3.70. The van der Waals surface area contributed by atoms with Gasteiger partial charge < -0.3 is 29.3 Å². The average Bonchev–Trinajstić information content (AvgIpc) is 3.18. The number of aliphatic hydroxyl groups excluding tert-OH is 2. The highest BCUT2D eigenvalue weighted by atomic mass is 32.2. The van der Waals surface area contributed by atoms with Crippen LogP contribution in [0.1, 0.15) is 74.5 Å². The summed E-state index contributed by atoms with van der Waals surface area (Å²) >= 11 is 1.84. The Bertz CT molecular complexity index is 1700. The summed E-state index contributed by atoms with van der Waals surface area (Å²) in [6, 6.07) is 16.7. The molecule has 1 aromatic heterocycles. The first kappa shape index (κ1) is 39.0. The number of oxime groups is 1. The number of allylic oxidation sites excluding steroid dienone is 1. The van der Waals surface area contributed by atoms with Gasteiger partial charge in [0, 0.05) is 49.1 Å². The van der Waals surface area contributed by atoms with Crippen LogP contribution in [0.3, 0.4) is 0 Å². The minimum atomic E-state index is -1.04. The van der Waals surface area contributed by atoms with Gasteiger partial charge in [-0.05, 0) is 104 Å². The number of benzene rings is 2. The van der Waals surface area contributed by atoms with Crippen molar-refractivity contribution in [2.24, 2.45) is 22.9 Å². The topological polar surface area (TPSA) is 103 Å². The molecule has 3 aromatic rings. The molecule has 8 nitrogen and oxygen atoms in total. The summed E-state index contributed by atoms with van der Waals surface area (Å²) < 4.78 is 35.1. The second-order valence-corrected chi connectivity index (χ2v) is 15.3. The lowest BCUT2D eigenvalue weighted by molar-refractivity contribution is -0.223. The van der Waals surface area contributed by atoms with Gasteiger partial charge in [0.15, 0.2) is 0 Å². The first-order valence-corrected chi connectivity index (χ1v) is 20.1. The van der Waals surface area contributed by atoms with E-state index in [9.17, 15) is 14.6 Å². The van der Waals surface area contributed by atoms with Crippen LogP contribution in [0.25, 0.3) is 0 Å². The van der Waals surface area contributed by atoms with E-state index in [-0.39, 0.29) is 54.6 Å². The molecule has 6 atom stereocenters. The van der Waals surface area contributed by atoms with Gasteiger partial charge in [-0.2, -0.15) is 11.8 Å². The summed E-state index contributed by atoms with van der Waals surface area (Å²) in [7, 11) is 0. The van der Waals surface area contributed by atoms with E-state index in [0.717, 1.165) is 66.9 Å². The third-order valence-electron chi connectivity index (χ3n) is 10.7. The number of pyridine rings is 1.